The Kier molecular flexibility index (Phi) is 1.34. The fourth-order valence-electron chi connectivity index (χ4n) is 1.67. The van der Waals surface area contributed by atoms with Gasteiger partial charge in [0.05, 0.1) is 11.6 Å². The third kappa shape index (κ3) is 0.884. The van der Waals surface area contributed by atoms with Crippen LogP contribution >= 0.6 is 0 Å². The third-order valence-corrected chi connectivity index (χ3v) is 2.60. The minimum Gasteiger partial charge on any atom is -0.484 e. The second-order valence-corrected chi connectivity index (χ2v) is 3.47. The summed E-state index contributed by atoms with van der Waals surface area (Å²) in [5.41, 5.74) is 1.99. The molecule has 3 heteroatoms. The van der Waals surface area contributed by atoms with Crippen molar-refractivity contribution in [2.45, 2.75) is 0 Å². The molecule has 1 aliphatic heterocycles. The zero-order valence-corrected chi connectivity index (χ0v) is 7.60. The van der Waals surface area contributed by atoms with Crippen molar-refractivity contribution in [3.05, 3.63) is 36.2 Å². The topological polar surface area (TPSA) is 17.6 Å². The van der Waals surface area contributed by atoms with Gasteiger partial charge < -0.3 is 21.5 Å². The third-order valence-electron chi connectivity index (χ3n) is 2.26. The lowest BCUT2D eigenvalue weighted by atomic mass is 10.2. The molecule has 0 saturated heterocycles. The fourth-order valence-corrected chi connectivity index (χ4v) is 1.95. The summed E-state index contributed by atoms with van der Waals surface area (Å²) in [5, 5.41) is 1.12. The molecule has 0 amide bonds. The highest BCUT2D eigenvalue weighted by molar-refractivity contribution is 7.51. The van der Waals surface area contributed by atoms with Gasteiger partial charge in [-0.05, 0) is 12.1 Å². The van der Waals surface area contributed by atoms with Gasteiger partial charge in [-0.15, -0.1) is 0 Å². The van der Waals surface area contributed by atoms with Gasteiger partial charge in [0.15, 0.2) is 11.4 Å². The van der Waals surface area contributed by atoms with E-state index in [1.54, 1.807) is 0 Å². The van der Waals surface area contributed by atoms with Gasteiger partial charge in [0.1, 0.15) is 5.58 Å². The van der Waals surface area contributed by atoms with Crippen molar-refractivity contribution in [3.8, 4) is 0 Å². The molecular weight excluding hydrogens is 182 g/mol. The van der Waals surface area contributed by atoms with E-state index in [4.69, 9.17) is 17.2 Å². The van der Waals surface area contributed by atoms with E-state index in [0.717, 1.165) is 26.7 Å². The number of fused-ring (bicyclic) bond motifs is 3. The van der Waals surface area contributed by atoms with E-state index in [1.165, 1.54) is 0 Å². The van der Waals surface area contributed by atoms with Crippen LogP contribution in [0.1, 0.15) is 5.76 Å². The average Bonchev–Trinajstić information content (AvgIpc) is 2.66. The van der Waals surface area contributed by atoms with Crippen LogP contribution < -0.4 is 4.31 Å². The molecule has 0 saturated carbocycles. The van der Waals surface area contributed by atoms with Crippen LogP contribution in [0.5, 0.6) is 0 Å². The van der Waals surface area contributed by atoms with E-state index in [9.17, 15) is 0 Å². The highest BCUT2D eigenvalue weighted by Crippen LogP contribution is 2.30. The number of rotatable bonds is 0. The maximum Gasteiger partial charge on any atom is 0.192 e. The van der Waals surface area contributed by atoms with E-state index < -0.39 is 0 Å². The molecule has 0 fully saturated rings. The van der Waals surface area contributed by atoms with Gasteiger partial charge in [0.25, 0.3) is 0 Å². The molecule has 2 heterocycles. The Balaban J connectivity index is 2.45. The number of nitrogens with one attached hydrogen (secondary N) is 1. The molecule has 2 nitrogen and oxygen atoms in total. The Labute approximate surface area is 81.0 Å². The predicted octanol–water partition coefficient (Wildman–Crippen LogP) is 1.40. The zero-order chi connectivity index (χ0) is 8.84. The molecule has 0 bridgehead atoms. The van der Waals surface area contributed by atoms with Gasteiger partial charge in [0, 0.05) is 6.08 Å². The summed E-state index contributed by atoms with van der Waals surface area (Å²) >= 11 is 5.21. The zero-order valence-electron chi connectivity index (χ0n) is 6.78. The molecule has 1 aliphatic rings. The summed E-state index contributed by atoms with van der Waals surface area (Å²) in [6, 6.07) is 7.97. The lowest BCUT2D eigenvalue weighted by Crippen LogP contribution is -2.95. The highest BCUT2D eigenvalue weighted by atomic mass is 32.1. The number of hydrogen-bond acceptors (Lipinski definition) is 2. The van der Waals surface area contributed by atoms with E-state index >= 15 is 0 Å². The Hall–Kier alpha value is -1.19. The fraction of sp³-hybridized carbons (Fsp3) is 0. The molecule has 3 rings (SSSR count). The smallest absolute Gasteiger partial charge is 0.192 e. The van der Waals surface area contributed by atoms with E-state index in [-0.39, 0.29) is 0 Å². The van der Waals surface area contributed by atoms with Crippen molar-refractivity contribution >= 4 is 35.5 Å². The number of para-hydroxylation sites is 1. The highest BCUT2D eigenvalue weighted by Gasteiger charge is 2.20. The van der Waals surface area contributed by atoms with Crippen molar-refractivity contribution in [1.29, 1.82) is 0 Å². The number of quaternary nitrogens is 1. The molecule has 1 atom stereocenters. The van der Waals surface area contributed by atoms with Crippen molar-refractivity contribution in [2.75, 3.05) is 0 Å². The van der Waals surface area contributed by atoms with Crippen LogP contribution in [0, 0.1) is 0 Å². The van der Waals surface area contributed by atoms with Crippen molar-refractivity contribution < 1.29 is 8.72 Å². The standard InChI is InChI=1S/C10H7NOS/c13-11-6-5-9-10(11)7-3-1-2-4-8(7)12-9/h1-6,11H. The molecule has 64 valence electrons. The molecule has 1 aromatic heterocycles. The Morgan fingerprint density at radius 2 is 2.08 bits per heavy atom. The minimum atomic E-state index is 0.875. The maximum absolute atomic E-state index is 5.61. The van der Waals surface area contributed by atoms with Gasteiger partial charge in [-0.2, -0.15) is 0 Å². The molecule has 2 aromatic rings. The van der Waals surface area contributed by atoms with Gasteiger partial charge >= 0.3 is 0 Å². The first-order valence-corrected chi connectivity index (χ1v) is 4.51. The molecule has 0 aliphatic carbocycles. The number of furan rings is 1. The lowest BCUT2D eigenvalue weighted by molar-refractivity contribution is -0.601. The van der Waals surface area contributed by atoms with Gasteiger partial charge in [-0.1, -0.05) is 12.1 Å². The van der Waals surface area contributed by atoms with Crippen LogP contribution in [0.25, 0.3) is 17.0 Å². The first-order chi connectivity index (χ1) is 6.36. The summed E-state index contributed by atoms with van der Waals surface area (Å²) < 4.78 is 6.48. The molecule has 0 spiro atoms. The lowest BCUT2D eigenvalue weighted by Gasteiger charge is -2.11. The second-order valence-electron chi connectivity index (χ2n) is 3.04. The normalized spacial score (nSPS) is 19.6. The predicted molar refractivity (Wildman–Crippen MR) is 53.2 cm³/mol. The SMILES string of the molecule is [S-][NH+]1C=Cc2oc3ccccc3c21. The molecule has 1 N–H and O–H groups in total. The summed E-state index contributed by atoms with van der Waals surface area (Å²) in [6.45, 7) is 0. The van der Waals surface area contributed by atoms with Crippen molar-refractivity contribution in [3.63, 3.8) is 0 Å². The van der Waals surface area contributed by atoms with Crippen LogP contribution in [0.2, 0.25) is 0 Å². The molecule has 1 aromatic carbocycles. The largest absolute Gasteiger partial charge is 0.484 e. The summed E-state index contributed by atoms with van der Waals surface area (Å²) in [5.74, 6) is 0.895. The Bertz CT molecular complexity index is 501. The molecule has 1 unspecified atom stereocenters. The maximum atomic E-state index is 5.61. The summed E-state index contributed by atoms with van der Waals surface area (Å²) in [4.78, 5) is 0. The first-order valence-electron chi connectivity index (χ1n) is 4.10. The van der Waals surface area contributed by atoms with Crippen molar-refractivity contribution in [2.24, 2.45) is 0 Å². The average molecular weight is 189 g/mol. The second kappa shape index (κ2) is 2.40. The van der Waals surface area contributed by atoms with Crippen LogP contribution in [-0.2, 0) is 12.8 Å². The van der Waals surface area contributed by atoms with Gasteiger partial charge in [-0.3, -0.25) is 0 Å². The number of benzene rings is 1. The van der Waals surface area contributed by atoms with E-state index in [0.29, 0.717) is 0 Å². The molecule has 0 radical (unpaired) electrons. The Morgan fingerprint density at radius 3 is 3.00 bits per heavy atom. The van der Waals surface area contributed by atoms with E-state index in [2.05, 4.69) is 0 Å². The molecule has 13 heavy (non-hydrogen) atoms. The summed E-state index contributed by atoms with van der Waals surface area (Å²) in [6.07, 6.45) is 3.84. The van der Waals surface area contributed by atoms with Crippen molar-refractivity contribution in [1.82, 2.24) is 0 Å². The quantitative estimate of drug-likeness (QED) is 0.631. The van der Waals surface area contributed by atoms with Gasteiger partial charge in [0.2, 0.25) is 0 Å². The van der Waals surface area contributed by atoms with Crippen LogP contribution in [0.15, 0.2) is 34.9 Å². The van der Waals surface area contributed by atoms with Gasteiger partial charge in [-0.25, -0.2) is 0 Å². The summed E-state index contributed by atoms with van der Waals surface area (Å²) in [7, 11) is 0. The van der Waals surface area contributed by atoms with Crippen LogP contribution in [0.3, 0.4) is 0 Å². The van der Waals surface area contributed by atoms with Crippen LogP contribution in [-0.4, -0.2) is 0 Å². The first kappa shape index (κ1) is 7.24. The Morgan fingerprint density at radius 1 is 1.23 bits per heavy atom. The monoisotopic (exact) mass is 189 g/mol. The molecular formula is C10H7NOS. The number of hydrogen-bond donors (Lipinski definition) is 1. The minimum absolute atomic E-state index is 0.875. The van der Waals surface area contributed by atoms with E-state index in [1.807, 2.05) is 36.5 Å². The van der Waals surface area contributed by atoms with Crippen LogP contribution in [0.4, 0.5) is 5.69 Å².